The van der Waals surface area contributed by atoms with Gasteiger partial charge in [-0.3, -0.25) is 0 Å². The van der Waals surface area contributed by atoms with E-state index in [1.54, 1.807) is 7.11 Å². The van der Waals surface area contributed by atoms with Crippen LogP contribution in [-0.4, -0.2) is 26.9 Å². The minimum atomic E-state index is 0.211. The van der Waals surface area contributed by atoms with E-state index in [0.717, 1.165) is 25.2 Å². The fraction of sp³-hybridized carbons (Fsp3) is 0.600. The molecule has 0 spiro atoms. The molecule has 1 N–H and O–H groups in total. The molecule has 100 valence electrons. The third kappa shape index (κ3) is 2.52. The first kappa shape index (κ1) is 13.4. The highest BCUT2D eigenvalue weighted by Crippen LogP contribution is 2.35. The number of nitrogens with one attached hydrogen (secondary N) is 1. The maximum Gasteiger partial charge on any atom is 0.124 e. The fourth-order valence-electron chi connectivity index (χ4n) is 2.89. The van der Waals surface area contributed by atoms with Crippen molar-refractivity contribution >= 4 is 0 Å². The Hall–Kier alpha value is -1.06. The van der Waals surface area contributed by atoms with Crippen LogP contribution in [0.3, 0.4) is 0 Å². The number of benzene rings is 1. The van der Waals surface area contributed by atoms with Gasteiger partial charge in [0.25, 0.3) is 0 Å². The maximum absolute atomic E-state index is 5.83. The summed E-state index contributed by atoms with van der Waals surface area (Å²) >= 11 is 0. The van der Waals surface area contributed by atoms with Gasteiger partial charge in [-0.1, -0.05) is 6.07 Å². The molecule has 18 heavy (non-hydrogen) atoms. The molecule has 0 aliphatic carbocycles. The molecule has 0 aromatic heterocycles. The first-order valence-corrected chi connectivity index (χ1v) is 6.61. The summed E-state index contributed by atoms with van der Waals surface area (Å²) in [5.74, 6) is 0.961. The van der Waals surface area contributed by atoms with Crippen LogP contribution in [0.25, 0.3) is 0 Å². The van der Waals surface area contributed by atoms with E-state index in [1.165, 1.54) is 16.7 Å². The first-order chi connectivity index (χ1) is 8.67. The lowest BCUT2D eigenvalue weighted by Gasteiger charge is -2.26. The maximum atomic E-state index is 5.83. The van der Waals surface area contributed by atoms with Crippen LogP contribution in [0.2, 0.25) is 0 Å². The summed E-state index contributed by atoms with van der Waals surface area (Å²) in [7, 11) is 3.73. The highest BCUT2D eigenvalue weighted by atomic mass is 16.5. The second kappa shape index (κ2) is 5.72. The number of hydrogen-bond acceptors (Lipinski definition) is 3. The van der Waals surface area contributed by atoms with Crippen molar-refractivity contribution in [3.63, 3.8) is 0 Å². The Morgan fingerprint density at radius 1 is 1.39 bits per heavy atom. The van der Waals surface area contributed by atoms with Crippen molar-refractivity contribution in [3.8, 4) is 5.75 Å². The summed E-state index contributed by atoms with van der Waals surface area (Å²) in [6.45, 7) is 5.11. The lowest BCUT2D eigenvalue weighted by molar-refractivity contribution is 0.0797. The molecule has 1 aliphatic rings. The normalized spacial score (nSPS) is 21.0. The van der Waals surface area contributed by atoms with Crippen molar-refractivity contribution < 1.29 is 9.47 Å². The van der Waals surface area contributed by atoms with Crippen molar-refractivity contribution in [2.24, 2.45) is 0 Å². The van der Waals surface area contributed by atoms with E-state index in [9.17, 15) is 0 Å². The standard InChI is InChI=1S/C15H23NO2/c1-10-8-11(2)14(13(9-10)17-4)15(16-3)12-6-5-7-18-12/h8-9,12,15-16H,5-7H2,1-4H3. The van der Waals surface area contributed by atoms with Gasteiger partial charge in [-0.05, 0) is 50.9 Å². The molecule has 0 amide bonds. The van der Waals surface area contributed by atoms with Gasteiger partial charge in [-0.15, -0.1) is 0 Å². The molecule has 1 aromatic rings. The Kier molecular flexibility index (Phi) is 4.25. The molecule has 0 bridgehead atoms. The molecule has 3 nitrogen and oxygen atoms in total. The lowest BCUT2D eigenvalue weighted by Crippen LogP contribution is -2.30. The predicted molar refractivity (Wildman–Crippen MR) is 73.2 cm³/mol. The van der Waals surface area contributed by atoms with E-state index in [2.05, 4.69) is 31.3 Å². The first-order valence-electron chi connectivity index (χ1n) is 6.61. The van der Waals surface area contributed by atoms with Gasteiger partial charge in [0.15, 0.2) is 0 Å². The molecular weight excluding hydrogens is 226 g/mol. The van der Waals surface area contributed by atoms with Crippen LogP contribution in [0, 0.1) is 13.8 Å². The van der Waals surface area contributed by atoms with Crippen LogP contribution in [0.1, 0.15) is 35.6 Å². The molecule has 3 heteroatoms. The zero-order valence-electron chi connectivity index (χ0n) is 11.7. The van der Waals surface area contributed by atoms with Crippen LogP contribution in [-0.2, 0) is 4.74 Å². The van der Waals surface area contributed by atoms with Crippen LogP contribution >= 0.6 is 0 Å². The lowest BCUT2D eigenvalue weighted by atomic mass is 9.93. The number of methoxy groups -OCH3 is 1. The summed E-state index contributed by atoms with van der Waals surface area (Å²) in [5, 5.41) is 3.39. The number of aryl methyl sites for hydroxylation is 2. The molecule has 1 aliphatic heterocycles. The molecule has 1 aromatic carbocycles. The molecule has 1 saturated heterocycles. The van der Waals surface area contributed by atoms with E-state index in [0.29, 0.717) is 0 Å². The summed E-state index contributed by atoms with van der Waals surface area (Å²) in [6, 6.07) is 4.52. The Balaban J connectivity index is 2.40. The van der Waals surface area contributed by atoms with Gasteiger partial charge in [0.2, 0.25) is 0 Å². The number of hydrogen-bond donors (Lipinski definition) is 1. The molecule has 0 saturated carbocycles. The zero-order chi connectivity index (χ0) is 13.1. The third-order valence-corrected chi connectivity index (χ3v) is 3.67. The molecule has 1 heterocycles. The second-order valence-corrected chi connectivity index (χ2v) is 5.02. The minimum absolute atomic E-state index is 0.211. The zero-order valence-corrected chi connectivity index (χ0v) is 11.7. The van der Waals surface area contributed by atoms with Gasteiger partial charge in [0.05, 0.1) is 19.3 Å². The smallest absolute Gasteiger partial charge is 0.124 e. The average Bonchev–Trinajstić information content (AvgIpc) is 2.85. The van der Waals surface area contributed by atoms with Gasteiger partial charge in [0, 0.05) is 12.2 Å². The van der Waals surface area contributed by atoms with Crippen LogP contribution in [0.4, 0.5) is 0 Å². The molecule has 2 unspecified atom stereocenters. The fourth-order valence-corrected chi connectivity index (χ4v) is 2.89. The summed E-state index contributed by atoms with van der Waals surface area (Å²) in [6.07, 6.45) is 2.52. The van der Waals surface area contributed by atoms with Gasteiger partial charge < -0.3 is 14.8 Å². The van der Waals surface area contributed by atoms with Gasteiger partial charge in [-0.2, -0.15) is 0 Å². The summed E-state index contributed by atoms with van der Waals surface area (Å²) in [4.78, 5) is 0. The molecule has 1 fully saturated rings. The predicted octanol–water partition coefficient (Wildman–Crippen LogP) is 2.75. The Morgan fingerprint density at radius 2 is 2.17 bits per heavy atom. The highest BCUT2D eigenvalue weighted by molar-refractivity contribution is 5.45. The number of rotatable bonds is 4. The van der Waals surface area contributed by atoms with Crippen molar-refractivity contribution in [2.45, 2.75) is 38.8 Å². The molecular formula is C15H23NO2. The van der Waals surface area contributed by atoms with E-state index < -0.39 is 0 Å². The largest absolute Gasteiger partial charge is 0.496 e. The monoisotopic (exact) mass is 249 g/mol. The molecule has 0 radical (unpaired) electrons. The topological polar surface area (TPSA) is 30.5 Å². The van der Waals surface area contributed by atoms with Crippen molar-refractivity contribution in [2.75, 3.05) is 20.8 Å². The van der Waals surface area contributed by atoms with Gasteiger partial charge >= 0.3 is 0 Å². The van der Waals surface area contributed by atoms with E-state index in [-0.39, 0.29) is 12.1 Å². The summed E-state index contributed by atoms with van der Waals surface area (Å²) in [5.41, 5.74) is 3.73. The Bertz CT molecular complexity index is 411. The third-order valence-electron chi connectivity index (χ3n) is 3.67. The molecule has 2 atom stereocenters. The number of likely N-dealkylation sites (N-methyl/N-ethyl adjacent to an activating group) is 1. The molecule has 2 rings (SSSR count). The van der Waals surface area contributed by atoms with E-state index in [4.69, 9.17) is 9.47 Å². The second-order valence-electron chi connectivity index (χ2n) is 5.02. The van der Waals surface area contributed by atoms with Crippen LogP contribution in [0.5, 0.6) is 5.75 Å². The van der Waals surface area contributed by atoms with Crippen LogP contribution < -0.4 is 10.1 Å². The van der Waals surface area contributed by atoms with Crippen molar-refractivity contribution in [1.29, 1.82) is 0 Å². The van der Waals surface area contributed by atoms with Crippen molar-refractivity contribution in [3.05, 3.63) is 28.8 Å². The van der Waals surface area contributed by atoms with Crippen molar-refractivity contribution in [1.82, 2.24) is 5.32 Å². The Labute approximate surface area is 109 Å². The highest BCUT2D eigenvalue weighted by Gasteiger charge is 2.29. The number of ether oxygens (including phenoxy) is 2. The Morgan fingerprint density at radius 3 is 2.72 bits per heavy atom. The van der Waals surface area contributed by atoms with Crippen LogP contribution in [0.15, 0.2) is 12.1 Å². The van der Waals surface area contributed by atoms with Gasteiger partial charge in [0.1, 0.15) is 5.75 Å². The van der Waals surface area contributed by atoms with E-state index >= 15 is 0 Å². The van der Waals surface area contributed by atoms with E-state index in [1.807, 2.05) is 7.05 Å². The summed E-state index contributed by atoms with van der Waals surface area (Å²) < 4.78 is 11.4. The van der Waals surface area contributed by atoms with Gasteiger partial charge in [-0.25, -0.2) is 0 Å². The SMILES string of the molecule is CNC(c1c(C)cc(C)cc1OC)C1CCCO1. The average molecular weight is 249 g/mol. The quantitative estimate of drug-likeness (QED) is 0.890. The minimum Gasteiger partial charge on any atom is -0.496 e.